The number of fused-ring (bicyclic) bond motifs is 8. The molecule has 3 aliphatic rings. The van der Waals surface area contributed by atoms with Crippen LogP contribution < -0.4 is 5.32 Å². The van der Waals surface area contributed by atoms with Gasteiger partial charge >= 0.3 is 12.2 Å². The zero-order valence-electron chi connectivity index (χ0n) is 32.8. The number of aromatic nitrogens is 4. The molecule has 2 aromatic heterocycles. The van der Waals surface area contributed by atoms with E-state index in [1.165, 1.54) is 7.11 Å². The lowest BCUT2D eigenvalue weighted by molar-refractivity contribution is -0.135. The van der Waals surface area contributed by atoms with Crippen molar-refractivity contribution in [1.29, 1.82) is 0 Å². The minimum atomic E-state index is -0.687. The molecule has 2 aliphatic heterocycles. The number of nitrogens with zero attached hydrogens (tertiary/aromatic N) is 4. The fourth-order valence-electron chi connectivity index (χ4n) is 9.41. The number of hydrogen-bond donors (Lipinski definition) is 3. The molecule has 56 heavy (non-hydrogen) atoms. The van der Waals surface area contributed by atoms with Crippen molar-refractivity contribution in [3.8, 4) is 11.1 Å². The average molecular weight is 756 g/mol. The molecule has 3 unspecified atom stereocenters. The molecule has 4 aromatic carbocycles. The molecule has 2 bridgehead atoms. The smallest absolute Gasteiger partial charge is 0.411 e. The molecule has 0 radical (unpaired) electrons. The number of piperidine rings is 1. The number of rotatable bonds is 6. The van der Waals surface area contributed by atoms with Crippen LogP contribution in [-0.4, -0.2) is 79.2 Å². The molecule has 9 rings (SSSR count). The molecular weight excluding hydrogens is 707 g/mol. The Morgan fingerprint density at radius 1 is 0.839 bits per heavy atom. The first-order valence-corrected chi connectivity index (χ1v) is 19.9. The van der Waals surface area contributed by atoms with E-state index in [0.29, 0.717) is 12.5 Å². The first kappa shape index (κ1) is 36.0. The molecule has 12 nitrogen and oxygen atoms in total. The largest absolute Gasteiger partial charge is 0.453 e. The highest BCUT2D eigenvalue weighted by Gasteiger charge is 2.51. The summed E-state index contributed by atoms with van der Waals surface area (Å²) in [4.78, 5) is 60.2. The number of methoxy groups -OCH3 is 1. The van der Waals surface area contributed by atoms with E-state index in [1.54, 1.807) is 0 Å². The SMILES string of the molecule is COC(=O)N[C@H](C(=O)N1CCC[C@H]1c1nc2c(ccc3cc(-c4ccc5c(ccc6[nH]c(C7C8CCC(C8)N7C(=O)OC(C)(C)C)nc65)c4)ccc32)[nH]1)C(C)C. The summed E-state index contributed by atoms with van der Waals surface area (Å²) in [6, 6.07) is 20.6. The van der Waals surface area contributed by atoms with Gasteiger partial charge in [-0.1, -0.05) is 50.2 Å². The molecule has 1 aliphatic carbocycles. The standard InChI is InChI=1S/C44H49N7O5/c1-23(2)35(49-42(53)55-6)41(52)50-19-7-8-34(50)39-45-32-17-12-26-20-24(10-15-30(26)36(32)47-39)25-11-16-31-27(21-25)13-18-33-37(31)48-40(46-33)38-28-9-14-29(22-28)51(38)43(54)56-44(3,4)5/h10-13,15-18,20-21,23,28-29,34-35,38H,7-9,14,19,22H2,1-6H3,(H,45,47)(H,46,48)(H,49,53)/t28?,29?,34-,35-,38?/m0/s1. The molecular formula is C44H49N7O5. The Labute approximate surface area is 325 Å². The summed E-state index contributed by atoms with van der Waals surface area (Å²) in [5.41, 5.74) is 5.29. The van der Waals surface area contributed by atoms with E-state index in [2.05, 4.69) is 75.9 Å². The second-order valence-corrected chi connectivity index (χ2v) is 17.1. The molecule has 6 aromatic rings. The predicted molar refractivity (Wildman–Crippen MR) is 216 cm³/mol. The quantitative estimate of drug-likeness (QED) is 0.154. The van der Waals surface area contributed by atoms with Crippen LogP contribution in [0.3, 0.4) is 0 Å². The predicted octanol–water partition coefficient (Wildman–Crippen LogP) is 8.92. The van der Waals surface area contributed by atoms with Gasteiger partial charge in [-0.25, -0.2) is 19.6 Å². The van der Waals surface area contributed by atoms with Gasteiger partial charge in [0.25, 0.3) is 0 Å². The first-order chi connectivity index (χ1) is 26.9. The molecule has 1 saturated carbocycles. The maximum Gasteiger partial charge on any atom is 0.411 e. The average Bonchev–Trinajstić information content (AvgIpc) is 4.02. The van der Waals surface area contributed by atoms with E-state index in [9.17, 15) is 14.4 Å². The second-order valence-electron chi connectivity index (χ2n) is 17.1. The Balaban J connectivity index is 0.992. The molecule has 2 saturated heterocycles. The number of imidazole rings is 2. The number of amides is 3. The van der Waals surface area contributed by atoms with Gasteiger partial charge in [-0.3, -0.25) is 9.69 Å². The van der Waals surface area contributed by atoms with E-state index in [-0.39, 0.29) is 36.0 Å². The van der Waals surface area contributed by atoms with Crippen molar-refractivity contribution in [3.05, 3.63) is 72.3 Å². The number of ether oxygens (including phenoxy) is 2. The Kier molecular flexibility index (Phi) is 8.70. The van der Waals surface area contributed by atoms with Gasteiger partial charge in [-0.05, 0) is 111 Å². The van der Waals surface area contributed by atoms with Gasteiger partial charge in [0.15, 0.2) is 0 Å². The highest BCUT2D eigenvalue weighted by atomic mass is 16.6. The lowest BCUT2D eigenvalue weighted by Gasteiger charge is -2.35. The van der Waals surface area contributed by atoms with Crippen LogP contribution in [0.15, 0.2) is 60.7 Å². The maximum absolute atomic E-state index is 13.7. The van der Waals surface area contributed by atoms with Gasteiger partial charge in [0.05, 0.1) is 41.3 Å². The molecule has 3 N–H and O–H groups in total. The van der Waals surface area contributed by atoms with E-state index in [0.717, 1.165) is 98.5 Å². The molecule has 3 fully saturated rings. The molecule has 12 heteroatoms. The van der Waals surface area contributed by atoms with Crippen molar-refractivity contribution in [2.45, 2.75) is 96.5 Å². The van der Waals surface area contributed by atoms with Crippen molar-refractivity contribution in [2.24, 2.45) is 11.8 Å². The molecule has 3 amide bonds. The fraction of sp³-hybridized carbons (Fsp3) is 0.432. The van der Waals surface area contributed by atoms with Crippen LogP contribution in [-0.2, 0) is 14.3 Å². The number of aromatic amines is 2. The Hall–Kier alpha value is -5.65. The lowest BCUT2D eigenvalue weighted by atomic mass is 9.98. The summed E-state index contributed by atoms with van der Waals surface area (Å²) in [5.74, 6) is 1.72. The molecule has 5 atom stereocenters. The van der Waals surface area contributed by atoms with Crippen LogP contribution in [0.4, 0.5) is 9.59 Å². The van der Waals surface area contributed by atoms with Gasteiger partial charge in [-0.15, -0.1) is 0 Å². The minimum Gasteiger partial charge on any atom is -0.453 e. The lowest BCUT2D eigenvalue weighted by Crippen LogP contribution is -2.51. The van der Waals surface area contributed by atoms with Crippen molar-refractivity contribution < 1.29 is 23.9 Å². The summed E-state index contributed by atoms with van der Waals surface area (Å²) < 4.78 is 10.6. The minimum absolute atomic E-state index is 0.103. The van der Waals surface area contributed by atoms with Crippen LogP contribution in [0, 0.1) is 11.8 Å². The van der Waals surface area contributed by atoms with E-state index >= 15 is 0 Å². The van der Waals surface area contributed by atoms with Gasteiger partial charge in [0, 0.05) is 23.4 Å². The number of alkyl carbamates (subject to hydrolysis) is 1. The van der Waals surface area contributed by atoms with Crippen molar-refractivity contribution in [3.63, 3.8) is 0 Å². The van der Waals surface area contributed by atoms with Crippen LogP contribution in [0.5, 0.6) is 0 Å². The third-order valence-corrected chi connectivity index (χ3v) is 12.0. The zero-order valence-corrected chi connectivity index (χ0v) is 32.8. The Morgan fingerprint density at radius 3 is 2.07 bits per heavy atom. The number of nitrogens with one attached hydrogen (secondary N) is 3. The first-order valence-electron chi connectivity index (χ1n) is 19.9. The van der Waals surface area contributed by atoms with Crippen LogP contribution in [0.2, 0.25) is 0 Å². The maximum atomic E-state index is 13.7. The zero-order chi connectivity index (χ0) is 39.0. The normalized spacial score (nSPS) is 21.6. The van der Waals surface area contributed by atoms with E-state index < -0.39 is 17.7 Å². The summed E-state index contributed by atoms with van der Waals surface area (Å²) in [7, 11) is 1.30. The monoisotopic (exact) mass is 755 g/mol. The van der Waals surface area contributed by atoms with E-state index in [4.69, 9.17) is 19.4 Å². The number of hydrogen-bond acceptors (Lipinski definition) is 7. The Morgan fingerprint density at radius 2 is 1.46 bits per heavy atom. The number of likely N-dealkylation sites (tertiary alicyclic amines) is 2. The van der Waals surface area contributed by atoms with Crippen LogP contribution >= 0.6 is 0 Å². The topological polar surface area (TPSA) is 146 Å². The van der Waals surface area contributed by atoms with Gasteiger partial charge < -0.3 is 29.7 Å². The van der Waals surface area contributed by atoms with E-state index in [1.807, 2.05) is 44.4 Å². The molecule has 290 valence electrons. The third kappa shape index (κ3) is 6.19. The number of benzene rings is 4. The summed E-state index contributed by atoms with van der Waals surface area (Å²) in [6.45, 7) is 10.2. The third-order valence-electron chi connectivity index (χ3n) is 12.0. The van der Waals surface area contributed by atoms with Crippen LogP contribution in [0.25, 0.3) is 54.7 Å². The molecule has 4 heterocycles. The number of carbonyl (C=O) groups excluding carboxylic acids is 3. The second kappa shape index (κ2) is 13.5. The van der Waals surface area contributed by atoms with Gasteiger partial charge in [0.1, 0.15) is 23.3 Å². The highest BCUT2D eigenvalue weighted by molar-refractivity contribution is 6.07. The van der Waals surface area contributed by atoms with Gasteiger partial charge in [-0.2, -0.15) is 0 Å². The van der Waals surface area contributed by atoms with Crippen molar-refractivity contribution >= 4 is 61.7 Å². The highest BCUT2D eigenvalue weighted by Crippen LogP contribution is 2.50. The van der Waals surface area contributed by atoms with Crippen LogP contribution in [0.1, 0.15) is 90.5 Å². The van der Waals surface area contributed by atoms with Gasteiger partial charge in [0.2, 0.25) is 5.91 Å². The summed E-state index contributed by atoms with van der Waals surface area (Å²) in [5, 5.41) is 6.98. The number of carbonyl (C=O) groups is 3. The number of H-pyrrole nitrogens is 2. The molecule has 0 spiro atoms. The Bertz CT molecular complexity index is 2530. The summed E-state index contributed by atoms with van der Waals surface area (Å²) in [6.07, 6.45) is 3.85. The summed E-state index contributed by atoms with van der Waals surface area (Å²) >= 11 is 0. The fourth-order valence-corrected chi connectivity index (χ4v) is 9.41. The van der Waals surface area contributed by atoms with Crippen molar-refractivity contribution in [2.75, 3.05) is 13.7 Å². The van der Waals surface area contributed by atoms with Crippen molar-refractivity contribution in [1.82, 2.24) is 35.1 Å².